The number of hydrogen-bond acceptors (Lipinski definition) is 6. The van der Waals surface area contributed by atoms with Crippen LogP contribution < -0.4 is 5.32 Å². The van der Waals surface area contributed by atoms with Gasteiger partial charge in [0, 0.05) is 37.3 Å². The Morgan fingerprint density at radius 1 is 1.38 bits per heavy atom. The molecule has 7 heteroatoms. The average Bonchev–Trinajstić information content (AvgIpc) is 2.55. The van der Waals surface area contributed by atoms with E-state index >= 15 is 0 Å². The molecule has 0 radical (unpaired) electrons. The molecule has 1 N–H and O–H groups in total. The third kappa shape index (κ3) is 4.52. The molecule has 0 bridgehead atoms. The molecule has 1 aliphatic rings. The first kappa shape index (κ1) is 18.4. The SMILES string of the molecule is CC(=O)c1ccc(NCC(C(C)C)N2CCOCC2)c([N+](=O)[O-])c1. The molecule has 1 heterocycles. The zero-order valence-corrected chi connectivity index (χ0v) is 14.4. The number of rotatable bonds is 7. The molecule has 0 spiro atoms. The van der Waals surface area contributed by atoms with Crippen molar-refractivity contribution in [2.45, 2.75) is 26.8 Å². The summed E-state index contributed by atoms with van der Waals surface area (Å²) in [5.41, 5.74) is 0.733. The quantitative estimate of drug-likeness (QED) is 0.468. The maximum absolute atomic E-state index is 11.4. The number of Topliss-reactive ketones (excluding diaryl/α,β-unsaturated/α-hetero) is 1. The first-order valence-electron chi connectivity index (χ1n) is 8.25. The largest absolute Gasteiger partial charge is 0.379 e. The van der Waals surface area contributed by atoms with Crippen LogP contribution in [0.3, 0.4) is 0 Å². The lowest BCUT2D eigenvalue weighted by molar-refractivity contribution is -0.384. The molecule has 0 aliphatic carbocycles. The van der Waals surface area contributed by atoms with Crippen LogP contribution in [0, 0.1) is 16.0 Å². The normalized spacial score (nSPS) is 16.8. The summed E-state index contributed by atoms with van der Waals surface area (Å²) in [4.78, 5) is 24.6. The summed E-state index contributed by atoms with van der Waals surface area (Å²) in [6.07, 6.45) is 0. The fourth-order valence-corrected chi connectivity index (χ4v) is 2.96. The first-order chi connectivity index (χ1) is 11.4. The Kier molecular flexibility index (Phi) is 6.28. The highest BCUT2D eigenvalue weighted by atomic mass is 16.6. The van der Waals surface area contributed by atoms with Crippen molar-refractivity contribution in [1.29, 1.82) is 0 Å². The average molecular weight is 335 g/mol. The number of nitrogens with one attached hydrogen (secondary N) is 1. The van der Waals surface area contributed by atoms with E-state index in [9.17, 15) is 14.9 Å². The number of benzene rings is 1. The molecule has 1 saturated heterocycles. The lowest BCUT2D eigenvalue weighted by Crippen LogP contribution is -2.49. The Morgan fingerprint density at radius 3 is 2.58 bits per heavy atom. The number of nitrogens with zero attached hydrogens (tertiary/aromatic N) is 2. The summed E-state index contributed by atoms with van der Waals surface area (Å²) >= 11 is 0. The molecule has 24 heavy (non-hydrogen) atoms. The van der Waals surface area contributed by atoms with Crippen LogP contribution in [0.4, 0.5) is 11.4 Å². The number of ether oxygens (including phenoxy) is 1. The first-order valence-corrected chi connectivity index (χ1v) is 8.25. The zero-order chi connectivity index (χ0) is 17.7. The topological polar surface area (TPSA) is 84.7 Å². The Bertz CT molecular complexity index is 597. The molecule has 132 valence electrons. The molecule has 1 aromatic rings. The number of nitro groups is 1. The van der Waals surface area contributed by atoms with Gasteiger partial charge in [0.1, 0.15) is 5.69 Å². The van der Waals surface area contributed by atoms with Crippen molar-refractivity contribution in [3.05, 3.63) is 33.9 Å². The van der Waals surface area contributed by atoms with Gasteiger partial charge < -0.3 is 10.1 Å². The van der Waals surface area contributed by atoms with Gasteiger partial charge in [-0.15, -0.1) is 0 Å². The molecular formula is C17H25N3O4. The van der Waals surface area contributed by atoms with Crippen molar-refractivity contribution in [3.8, 4) is 0 Å². The third-order valence-corrected chi connectivity index (χ3v) is 4.39. The fourth-order valence-electron chi connectivity index (χ4n) is 2.96. The van der Waals surface area contributed by atoms with Crippen molar-refractivity contribution in [1.82, 2.24) is 4.90 Å². The van der Waals surface area contributed by atoms with E-state index in [0.717, 1.165) is 26.3 Å². The Labute approximate surface area is 142 Å². The van der Waals surface area contributed by atoms with Crippen LogP contribution in [0.2, 0.25) is 0 Å². The summed E-state index contributed by atoms with van der Waals surface area (Å²) in [5.74, 6) is 0.226. The number of carbonyl (C=O) groups is 1. The van der Waals surface area contributed by atoms with E-state index in [1.165, 1.54) is 13.0 Å². The van der Waals surface area contributed by atoms with Crippen molar-refractivity contribution in [3.63, 3.8) is 0 Å². The maximum Gasteiger partial charge on any atom is 0.293 e. The van der Waals surface area contributed by atoms with Crippen molar-refractivity contribution >= 4 is 17.2 Å². The van der Waals surface area contributed by atoms with E-state index < -0.39 is 4.92 Å². The molecule has 7 nitrogen and oxygen atoms in total. The second kappa shape index (κ2) is 8.21. The van der Waals surface area contributed by atoms with Gasteiger partial charge in [0.05, 0.1) is 18.1 Å². The highest BCUT2D eigenvalue weighted by Crippen LogP contribution is 2.26. The smallest absolute Gasteiger partial charge is 0.293 e. The second-order valence-electron chi connectivity index (χ2n) is 6.39. The Hall–Kier alpha value is -1.99. The Morgan fingerprint density at radius 2 is 2.04 bits per heavy atom. The molecule has 1 unspecified atom stereocenters. The molecule has 0 saturated carbocycles. The minimum atomic E-state index is -0.451. The van der Waals surface area contributed by atoms with Crippen molar-refractivity contribution in [2.24, 2.45) is 5.92 Å². The molecule has 1 fully saturated rings. The summed E-state index contributed by atoms with van der Waals surface area (Å²) in [6.45, 7) is 9.49. The fraction of sp³-hybridized carbons (Fsp3) is 0.588. The van der Waals surface area contributed by atoms with E-state index in [1.54, 1.807) is 12.1 Å². The lowest BCUT2D eigenvalue weighted by atomic mass is 10.0. The molecule has 2 rings (SSSR count). The van der Waals surface area contributed by atoms with E-state index in [-0.39, 0.29) is 17.5 Å². The van der Waals surface area contributed by atoms with Gasteiger partial charge in [0.15, 0.2) is 5.78 Å². The number of anilines is 1. The van der Waals surface area contributed by atoms with Gasteiger partial charge in [0.25, 0.3) is 5.69 Å². The minimum absolute atomic E-state index is 0.0628. The van der Waals surface area contributed by atoms with Crippen LogP contribution in [0.15, 0.2) is 18.2 Å². The van der Waals surface area contributed by atoms with Gasteiger partial charge in [0.2, 0.25) is 0 Å². The second-order valence-corrected chi connectivity index (χ2v) is 6.39. The number of nitro benzene ring substituents is 1. The van der Waals surface area contributed by atoms with Crippen molar-refractivity contribution in [2.75, 3.05) is 38.2 Å². The molecule has 1 aromatic carbocycles. The van der Waals surface area contributed by atoms with E-state index in [2.05, 4.69) is 24.1 Å². The van der Waals surface area contributed by atoms with E-state index in [0.29, 0.717) is 23.7 Å². The van der Waals surface area contributed by atoms with Gasteiger partial charge >= 0.3 is 0 Å². The predicted molar refractivity (Wildman–Crippen MR) is 92.6 cm³/mol. The maximum atomic E-state index is 11.4. The zero-order valence-electron chi connectivity index (χ0n) is 14.4. The van der Waals surface area contributed by atoms with Crippen LogP contribution in [-0.2, 0) is 4.74 Å². The monoisotopic (exact) mass is 335 g/mol. The van der Waals surface area contributed by atoms with Gasteiger partial charge in [-0.1, -0.05) is 13.8 Å². The van der Waals surface area contributed by atoms with Crippen LogP contribution in [0.5, 0.6) is 0 Å². The highest BCUT2D eigenvalue weighted by Gasteiger charge is 2.25. The minimum Gasteiger partial charge on any atom is -0.379 e. The summed E-state index contributed by atoms with van der Waals surface area (Å²) in [7, 11) is 0. The molecule has 1 atom stereocenters. The predicted octanol–water partition coefficient (Wildman–Crippen LogP) is 2.57. The summed E-state index contributed by atoms with van der Waals surface area (Å²) in [5, 5.41) is 14.5. The van der Waals surface area contributed by atoms with Crippen LogP contribution in [-0.4, -0.2) is 54.5 Å². The van der Waals surface area contributed by atoms with Gasteiger partial charge in [-0.3, -0.25) is 19.8 Å². The highest BCUT2D eigenvalue weighted by molar-refractivity contribution is 5.95. The van der Waals surface area contributed by atoms with Crippen LogP contribution >= 0.6 is 0 Å². The van der Waals surface area contributed by atoms with Gasteiger partial charge in [-0.2, -0.15) is 0 Å². The summed E-state index contributed by atoms with van der Waals surface area (Å²) in [6, 6.07) is 4.84. The van der Waals surface area contributed by atoms with Crippen LogP contribution in [0.25, 0.3) is 0 Å². The third-order valence-electron chi connectivity index (χ3n) is 4.39. The number of morpholine rings is 1. The van der Waals surface area contributed by atoms with Gasteiger partial charge in [-0.25, -0.2) is 0 Å². The molecule has 0 amide bonds. The van der Waals surface area contributed by atoms with Crippen molar-refractivity contribution < 1.29 is 14.5 Å². The number of hydrogen-bond donors (Lipinski definition) is 1. The molecule has 1 aliphatic heterocycles. The lowest BCUT2D eigenvalue weighted by Gasteiger charge is -2.37. The van der Waals surface area contributed by atoms with Crippen LogP contribution in [0.1, 0.15) is 31.1 Å². The number of ketones is 1. The standard InChI is InChI=1S/C17H25N3O4/c1-12(2)17(19-6-8-24-9-7-19)11-18-15-5-4-14(13(3)21)10-16(15)20(22)23/h4-5,10,12,17-18H,6-9,11H2,1-3H3. The Balaban J connectivity index is 2.13. The summed E-state index contributed by atoms with van der Waals surface area (Å²) < 4.78 is 5.40. The van der Waals surface area contributed by atoms with E-state index in [1.807, 2.05) is 0 Å². The number of carbonyl (C=O) groups excluding carboxylic acids is 1. The molecule has 0 aromatic heterocycles. The molecular weight excluding hydrogens is 310 g/mol. The van der Waals surface area contributed by atoms with E-state index in [4.69, 9.17) is 4.74 Å². The van der Waals surface area contributed by atoms with Gasteiger partial charge in [-0.05, 0) is 25.0 Å².